The van der Waals surface area contributed by atoms with Crippen molar-refractivity contribution < 1.29 is 24.2 Å². The van der Waals surface area contributed by atoms with Crippen molar-refractivity contribution in [3.8, 4) is 0 Å². The van der Waals surface area contributed by atoms with Gasteiger partial charge in [0.25, 0.3) is 11.5 Å². The lowest BCUT2D eigenvalue weighted by molar-refractivity contribution is -0.143. The number of carboxylic acid groups (broad SMARTS) is 1. The Kier molecular flexibility index (Phi) is 8.06. The van der Waals surface area contributed by atoms with Crippen LogP contribution in [0.3, 0.4) is 0 Å². The molecule has 0 saturated heterocycles. The van der Waals surface area contributed by atoms with Gasteiger partial charge in [0.05, 0.1) is 18.4 Å². The number of aliphatic carboxylic acids is 1. The number of benzene rings is 1. The van der Waals surface area contributed by atoms with Gasteiger partial charge in [-0.25, -0.2) is 14.8 Å². The molecule has 182 valence electrons. The maximum Gasteiger partial charge on any atom is 0.326 e. The van der Waals surface area contributed by atoms with Crippen LogP contribution >= 0.6 is 0 Å². The van der Waals surface area contributed by atoms with E-state index < -0.39 is 29.4 Å². The molecule has 1 aromatic carbocycles. The second kappa shape index (κ2) is 11.4. The molecule has 13 heteroatoms. The minimum atomic E-state index is -1.26. The van der Waals surface area contributed by atoms with E-state index in [0.29, 0.717) is 11.4 Å². The molecule has 0 spiro atoms. The van der Waals surface area contributed by atoms with E-state index >= 15 is 0 Å². The molecule has 0 radical (unpaired) electrons. The average Bonchev–Trinajstić information content (AvgIpc) is 2.84. The van der Waals surface area contributed by atoms with Crippen molar-refractivity contribution in [2.75, 3.05) is 17.7 Å². The van der Waals surface area contributed by atoms with Crippen molar-refractivity contribution >= 4 is 40.6 Å². The van der Waals surface area contributed by atoms with Gasteiger partial charge in [0.2, 0.25) is 5.95 Å². The van der Waals surface area contributed by atoms with Gasteiger partial charge in [-0.1, -0.05) is 12.7 Å². The van der Waals surface area contributed by atoms with Gasteiger partial charge in [-0.15, -0.1) is 0 Å². The molecule has 0 bridgehead atoms. The lowest BCUT2D eigenvalue weighted by Gasteiger charge is -2.14. The first-order chi connectivity index (χ1) is 16.8. The molecule has 1 amide bonds. The number of nitrogens with one attached hydrogen (secondary N) is 3. The molecule has 1 unspecified atom stereocenters. The zero-order valence-corrected chi connectivity index (χ0v) is 18.5. The summed E-state index contributed by atoms with van der Waals surface area (Å²) in [5, 5.41) is 14.8. The Morgan fingerprint density at radius 3 is 2.66 bits per heavy atom. The molecule has 1 atom stereocenters. The summed E-state index contributed by atoms with van der Waals surface area (Å²) >= 11 is 0. The topological polar surface area (TPSA) is 202 Å². The molecule has 0 aliphatic rings. The summed E-state index contributed by atoms with van der Waals surface area (Å²) in [6.45, 7) is 3.69. The normalized spacial score (nSPS) is 11.4. The van der Waals surface area contributed by atoms with Crippen LogP contribution in [0, 0.1) is 0 Å². The van der Waals surface area contributed by atoms with Crippen molar-refractivity contribution in [3.63, 3.8) is 0 Å². The number of nitrogen functional groups attached to an aromatic ring is 1. The number of carboxylic acids is 1. The quantitative estimate of drug-likeness (QED) is 0.189. The van der Waals surface area contributed by atoms with Crippen LogP contribution in [0.2, 0.25) is 0 Å². The second-order valence-corrected chi connectivity index (χ2v) is 7.29. The molecule has 0 aliphatic heterocycles. The first-order valence-electron chi connectivity index (χ1n) is 10.4. The van der Waals surface area contributed by atoms with E-state index in [1.807, 2.05) is 0 Å². The Bertz CT molecular complexity index is 1310. The number of esters is 1. The number of hydrogen-bond donors (Lipinski definition) is 5. The van der Waals surface area contributed by atoms with Gasteiger partial charge in [-0.2, -0.15) is 4.98 Å². The highest BCUT2D eigenvalue weighted by atomic mass is 16.5. The summed E-state index contributed by atoms with van der Waals surface area (Å²) in [6, 6.07) is 5.02. The van der Waals surface area contributed by atoms with Gasteiger partial charge in [0.1, 0.15) is 12.6 Å². The number of carbonyl (C=O) groups excluding carboxylic acids is 2. The molecule has 2 heterocycles. The Morgan fingerprint density at radius 2 is 1.97 bits per heavy atom. The number of H-pyrrole nitrogens is 1. The number of rotatable bonds is 11. The fourth-order valence-electron chi connectivity index (χ4n) is 2.97. The number of aromatic amines is 1. The average molecular weight is 481 g/mol. The predicted molar refractivity (Wildman–Crippen MR) is 125 cm³/mol. The third kappa shape index (κ3) is 6.83. The van der Waals surface area contributed by atoms with Crippen molar-refractivity contribution in [2.45, 2.75) is 25.4 Å². The molecular formula is C22H23N7O6. The zero-order chi connectivity index (χ0) is 25.4. The van der Waals surface area contributed by atoms with E-state index in [1.54, 1.807) is 12.1 Å². The summed E-state index contributed by atoms with van der Waals surface area (Å²) in [7, 11) is 0. The first kappa shape index (κ1) is 24.8. The van der Waals surface area contributed by atoms with E-state index in [9.17, 15) is 24.3 Å². The summed E-state index contributed by atoms with van der Waals surface area (Å²) < 4.78 is 4.81. The third-order valence-corrected chi connectivity index (χ3v) is 4.71. The van der Waals surface area contributed by atoms with Gasteiger partial charge < -0.3 is 26.2 Å². The largest absolute Gasteiger partial charge is 0.480 e. The number of aromatic nitrogens is 4. The maximum absolute atomic E-state index is 12.5. The maximum atomic E-state index is 12.5. The van der Waals surface area contributed by atoms with Crippen LogP contribution in [0.25, 0.3) is 11.2 Å². The van der Waals surface area contributed by atoms with E-state index in [1.165, 1.54) is 24.4 Å². The number of nitrogens with zero attached hydrogens (tertiary/aromatic N) is 3. The molecular weight excluding hydrogens is 458 g/mol. The molecule has 3 rings (SSSR count). The Hall–Kier alpha value is -4.81. The lowest BCUT2D eigenvalue weighted by Crippen LogP contribution is -2.41. The SMILES string of the molecule is C=CCOC(=O)CCC(NC(=O)c1ccc(NCc2cnc3nc(N)[nH]c(=O)c3n2)cc1)C(=O)O. The summed E-state index contributed by atoms with van der Waals surface area (Å²) in [5.41, 5.74) is 6.55. The minimum Gasteiger partial charge on any atom is -0.480 e. The van der Waals surface area contributed by atoms with Gasteiger partial charge >= 0.3 is 11.9 Å². The van der Waals surface area contributed by atoms with Crippen LogP contribution in [-0.2, 0) is 20.9 Å². The summed E-state index contributed by atoms with van der Waals surface area (Å²) in [6.07, 6.45) is 2.58. The van der Waals surface area contributed by atoms with Crippen molar-refractivity contribution in [1.82, 2.24) is 25.3 Å². The van der Waals surface area contributed by atoms with Crippen LogP contribution < -0.4 is 21.9 Å². The summed E-state index contributed by atoms with van der Waals surface area (Å²) in [5.74, 6) is -2.49. The number of carbonyl (C=O) groups is 3. The predicted octanol–water partition coefficient (Wildman–Crippen LogP) is 0.600. The second-order valence-electron chi connectivity index (χ2n) is 7.29. The van der Waals surface area contributed by atoms with Crippen LogP contribution in [-0.4, -0.2) is 55.5 Å². The van der Waals surface area contributed by atoms with Crippen LogP contribution in [0.4, 0.5) is 11.6 Å². The molecule has 0 fully saturated rings. The number of ether oxygens (including phenoxy) is 1. The molecule has 6 N–H and O–H groups in total. The van der Waals surface area contributed by atoms with Gasteiger partial charge in [0, 0.05) is 17.7 Å². The molecule has 0 aliphatic carbocycles. The molecule has 0 saturated carbocycles. The van der Waals surface area contributed by atoms with Crippen molar-refractivity contribution in [3.05, 3.63) is 64.7 Å². The van der Waals surface area contributed by atoms with Crippen LogP contribution in [0.5, 0.6) is 0 Å². The molecule has 3 aromatic rings. The number of hydrogen-bond acceptors (Lipinski definition) is 10. The number of amides is 1. The number of anilines is 2. The number of nitrogens with two attached hydrogens (primary N) is 1. The van der Waals surface area contributed by atoms with E-state index in [2.05, 4.69) is 37.1 Å². The zero-order valence-electron chi connectivity index (χ0n) is 18.5. The standard InChI is InChI=1S/C22H23N7O6/c1-2-9-35-16(30)8-7-15(21(33)34)27-19(31)12-3-5-13(6-4-12)24-10-14-11-25-18-17(26-14)20(32)29-22(23)28-18/h2-6,11,15,24H,1,7-10H2,(H,27,31)(H,33,34)(H3,23,25,28,29,32). The third-order valence-electron chi connectivity index (χ3n) is 4.71. The fraction of sp³-hybridized carbons (Fsp3) is 0.227. The van der Waals surface area contributed by atoms with E-state index in [-0.39, 0.29) is 48.7 Å². The van der Waals surface area contributed by atoms with Crippen LogP contribution in [0.1, 0.15) is 28.9 Å². The molecule has 2 aromatic heterocycles. The highest BCUT2D eigenvalue weighted by Gasteiger charge is 2.22. The van der Waals surface area contributed by atoms with E-state index in [0.717, 1.165) is 0 Å². The monoisotopic (exact) mass is 481 g/mol. The van der Waals surface area contributed by atoms with E-state index in [4.69, 9.17) is 10.5 Å². The number of fused-ring (bicyclic) bond motifs is 1. The highest BCUT2D eigenvalue weighted by molar-refractivity contribution is 5.97. The minimum absolute atomic E-state index is 0.0291. The van der Waals surface area contributed by atoms with Crippen LogP contribution in [0.15, 0.2) is 47.9 Å². The van der Waals surface area contributed by atoms with Gasteiger partial charge in [0.15, 0.2) is 11.2 Å². The molecule has 35 heavy (non-hydrogen) atoms. The van der Waals surface area contributed by atoms with Crippen molar-refractivity contribution in [1.29, 1.82) is 0 Å². The first-order valence-corrected chi connectivity index (χ1v) is 10.4. The highest BCUT2D eigenvalue weighted by Crippen LogP contribution is 2.12. The fourth-order valence-corrected chi connectivity index (χ4v) is 2.97. The Morgan fingerprint density at radius 1 is 1.23 bits per heavy atom. The van der Waals surface area contributed by atoms with Gasteiger partial charge in [-0.05, 0) is 30.7 Å². The van der Waals surface area contributed by atoms with Crippen molar-refractivity contribution in [2.24, 2.45) is 0 Å². The Labute approximate surface area is 198 Å². The van der Waals surface area contributed by atoms with Gasteiger partial charge in [-0.3, -0.25) is 19.4 Å². The molecule has 13 nitrogen and oxygen atoms in total. The summed E-state index contributed by atoms with van der Waals surface area (Å²) in [4.78, 5) is 62.0. The lowest BCUT2D eigenvalue weighted by atomic mass is 10.1. The Balaban J connectivity index is 1.57. The smallest absolute Gasteiger partial charge is 0.326 e.